The second-order valence-electron chi connectivity index (χ2n) is 6.52. The number of nitrogens with zero attached hydrogens (tertiary/aromatic N) is 2. The molecule has 0 spiro atoms. The highest BCUT2D eigenvalue weighted by Gasteiger charge is 2.31. The van der Waals surface area contributed by atoms with E-state index in [1.807, 2.05) is 19.1 Å². The lowest BCUT2D eigenvalue weighted by molar-refractivity contribution is 0.396. The van der Waals surface area contributed by atoms with Gasteiger partial charge in [0.05, 0.1) is 19.9 Å². The summed E-state index contributed by atoms with van der Waals surface area (Å²) in [5.41, 5.74) is 1.03. The third kappa shape index (κ3) is 7.57. The molecule has 0 radical (unpaired) electrons. The van der Waals surface area contributed by atoms with Crippen LogP contribution in [0.2, 0.25) is 5.02 Å². The normalized spacial score (nSPS) is 17.9. The molecule has 2 rings (SSSR count). The molecule has 1 atom stereocenters. The Hall–Kier alpha value is -0.780. The van der Waals surface area contributed by atoms with E-state index in [0.29, 0.717) is 30.6 Å². The molecule has 0 aliphatic carbocycles. The van der Waals surface area contributed by atoms with Crippen molar-refractivity contribution < 1.29 is 13.2 Å². The zero-order valence-corrected chi connectivity index (χ0v) is 20.5. The van der Waals surface area contributed by atoms with Crippen molar-refractivity contribution in [2.75, 3.05) is 39.5 Å². The van der Waals surface area contributed by atoms with Crippen LogP contribution in [0.15, 0.2) is 23.2 Å². The minimum Gasteiger partial charge on any atom is -0.497 e. The number of hydrogen-bond donors (Lipinski definition) is 2. The number of halogens is 2. The SMILES string of the molecule is CCNC(=NC[C@H]1CCCN1S(C)(=O)=O)NCCc1ccc(OC)cc1Cl.I. The van der Waals surface area contributed by atoms with Gasteiger partial charge >= 0.3 is 0 Å². The third-order valence-electron chi connectivity index (χ3n) is 4.50. The maximum atomic E-state index is 11.8. The van der Waals surface area contributed by atoms with Gasteiger partial charge in [0.1, 0.15) is 5.75 Å². The molecule has 2 N–H and O–H groups in total. The van der Waals surface area contributed by atoms with Crippen molar-refractivity contribution in [2.45, 2.75) is 32.2 Å². The molecule has 10 heteroatoms. The second kappa shape index (κ2) is 12.0. The summed E-state index contributed by atoms with van der Waals surface area (Å²) in [4.78, 5) is 4.58. The van der Waals surface area contributed by atoms with Crippen molar-refractivity contribution in [1.82, 2.24) is 14.9 Å². The van der Waals surface area contributed by atoms with Crippen LogP contribution in [0.25, 0.3) is 0 Å². The topological polar surface area (TPSA) is 83.0 Å². The molecule has 0 saturated carbocycles. The smallest absolute Gasteiger partial charge is 0.211 e. The number of nitrogens with one attached hydrogen (secondary N) is 2. The van der Waals surface area contributed by atoms with Crippen molar-refractivity contribution >= 4 is 51.6 Å². The molecule has 1 aliphatic rings. The van der Waals surface area contributed by atoms with Gasteiger partial charge in [-0.15, -0.1) is 24.0 Å². The molecule has 7 nitrogen and oxygen atoms in total. The summed E-state index contributed by atoms with van der Waals surface area (Å²) in [6.45, 7) is 4.43. The van der Waals surface area contributed by atoms with Crippen molar-refractivity contribution in [1.29, 1.82) is 0 Å². The number of aliphatic imine (C=N–C) groups is 1. The molecule has 0 amide bonds. The highest BCUT2D eigenvalue weighted by Crippen LogP contribution is 2.22. The summed E-state index contributed by atoms with van der Waals surface area (Å²) in [6.07, 6.45) is 3.73. The van der Waals surface area contributed by atoms with E-state index < -0.39 is 10.0 Å². The number of benzene rings is 1. The van der Waals surface area contributed by atoms with Gasteiger partial charge in [-0.2, -0.15) is 4.31 Å². The predicted molar refractivity (Wildman–Crippen MR) is 126 cm³/mol. The Morgan fingerprint density at radius 3 is 2.75 bits per heavy atom. The fraction of sp³-hybridized carbons (Fsp3) is 0.611. The van der Waals surface area contributed by atoms with E-state index in [-0.39, 0.29) is 30.0 Å². The van der Waals surface area contributed by atoms with Crippen LogP contribution in [0.4, 0.5) is 0 Å². The van der Waals surface area contributed by atoms with Gasteiger partial charge in [-0.05, 0) is 43.9 Å². The van der Waals surface area contributed by atoms with Crippen LogP contribution in [0.1, 0.15) is 25.3 Å². The minimum absolute atomic E-state index is 0. The number of sulfonamides is 1. The summed E-state index contributed by atoms with van der Waals surface area (Å²) in [7, 11) is -1.56. The first-order valence-electron chi connectivity index (χ1n) is 9.16. The van der Waals surface area contributed by atoms with Crippen LogP contribution < -0.4 is 15.4 Å². The molecule has 0 aromatic heterocycles. The highest BCUT2D eigenvalue weighted by atomic mass is 127. The molecule has 1 aromatic rings. The van der Waals surface area contributed by atoms with Gasteiger partial charge < -0.3 is 15.4 Å². The zero-order chi connectivity index (χ0) is 19.9. The predicted octanol–water partition coefficient (Wildman–Crippen LogP) is 2.49. The Morgan fingerprint density at radius 1 is 1.39 bits per heavy atom. The molecule has 1 aliphatic heterocycles. The van der Waals surface area contributed by atoms with E-state index in [1.54, 1.807) is 17.5 Å². The first kappa shape index (κ1) is 25.3. The standard InChI is InChI=1S/C18H29ClN4O3S.HI/c1-4-20-18(22-13-15-6-5-11-23(15)27(3,24)25)21-10-9-14-7-8-16(26-2)12-17(14)19;/h7-8,12,15H,4-6,9-11,13H2,1-3H3,(H2,20,21,22);1H/t15-;/m1./s1. The van der Waals surface area contributed by atoms with Gasteiger partial charge in [0.2, 0.25) is 10.0 Å². The lowest BCUT2D eigenvalue weighted by Crippen LogP contribution is -2.41. The van der Waals surface area contributed by atoms with Crippen LogP contribution in [0.3, 0.4) is 0 Å². The second-order valence-corrected chi connectivity index (χ2v) is 8.87. The van der Waals surface area contributed by atoms with Crippen molar-refractivity contribution in [3.63, 3.8) is 0 Å². The summed E-state index contributed by atoms with van der Waals surface area (Å²) >= 11 is 6.27. The Kier molecular flexibility index (Phi) is 10.9. The molecule has 0 unspecified atom stereocenters. The lowest BCUT2D eigenvalue weighted by atomic mass is 10.1. The average molecular weight is 545 g/mol. The van der Waals surface area contributed by atoms with Gasteiger partial charge in [0.25, 0.3) is 0 Å². The molecule has 1 aromatic carbocycles. The minimum atomic E-state index is -3.18. The number of methoxy groups -OCH3 is 1. The Balaban J connectivity index is 0.00000392. The molecule has 1 saturated heterocycles. The van der Waals surface area contributed by atoms with E-state index in [0.717, 1.165) is 37.1 Å². The van der Waals surface area contributed by atoms with Gasteiger partial charge in [-0.3, -0.25) is 4.99 Å². The summed E-state index contributed by atoms with van der Waals surface area (Å²) in [6, 6.07) is 5.58. The average Bonchev–Trinajstić information content (AvgIpc) is 3.10. The monoisotopic (exact) mass is 544 g/mol. The molecule has 160 valence electrons. The van der Waals surface area contributed by atoms with Crippen LogP contribution in [0, 0.1) is 0 Å². The Morgan fingerprint density at radius 2 is 2.14 bits per heavy atom. The fourth-order valence-corrected chi connectivity index (χ4v) is 4.58. The molecule has 1 fully saturated rings. The van der Waals surface area contributed by atoms with E-state index >= 15 is 0 Å². The maximum Gasteiger partial charge on any atom is 0.211 e. The zero-order valence-electron chi connectivity index (χ0n) is 16.6. The fourth-order valence-electron chi connectivity index (χ4n) is 3.14. The van der Waals surface area contributed by atoms with E-state index in [9.17, 15) is 8.42 Å². The summed E-state index contributed by atoms with van der Waals surface area (Å²) in [5, 5.41) is 7.15. The molecule has 0 bridgehead atoms. The summed E-state index contributed by atoms with van der Waals surface area (Å²) < 4.78 is 30.4. The van der Waals surface area contributed by atoms with Gasteiger partial charge in [-0.25, -0.2) is 8.42 Å². The summed E-state index contributed by atoms with van der Waals surface area (Å²) in [5.74, 6) is 1.42. The van der Waals surface area contributed by atoms with Crippen LogP contribution in [-0.4, -0.2) is 64.3 Å². The first-order chi connectivity index (χ1) is 12.8. The van der Waals surface area contributed by atoms with Crippen LogP contribution in [0.5, 0.6) is 5.75 Å². The molecular formula is C18H30ClIN4O3S. The largest absolute Gasteiger partial charge is 0.497 e. The molecule has 28 heavy (non-hydrogen) atoms. The van der Waals surface area contributed by atoms with E-state index in [4.69, 9.17) is 16.3 Å². The van der Waals surface area contributed by atoms with E-state index in [1.165, 1.54) is 6.26 Å². The van der Waals surface area contributed by atoms with Gasteiger partial charge in [0, 0.05) is 30.7 Å². The van der Waals surface area contributed by atoms with Crippen molar-refractivity contribution in [3.8, 4) is 5.75 Å². The number of rotatable bonds is 8. The Labute approximate surface area is 190 Å². The number of hydrogen-bond acceptors (Lipinski definition) is 4. The quantitative estimate of drug-likeness (QED) is 0.299. The Bertz CT molecular complexity index is 761. The maximum absolute atomic E-state index is 11.8. The van der Waals surface area contributed by atoms with E-state index in [2.05, 4.69) is 15.6 Å². The first-order valence-corrected chi connectivity index (χ1v) is 11.4. The van der Waals surface area contributed by atoms with Gasteiger partial charge in [-0.1, -0.05) is 17.7 Å². The number of guanidine groups is 1. The van der Waals surface area contributed by atoms with Crippen molar-refractivity contribution in [3.05, 3.63) is 28.8 Å². The van der Waals surface area contributed by atoms with Crippen LogP contribution >= 0.6 is 35.6 Å². The molecule has 1 heterocycles. The lowest BCUT2D eigenvalue weighted by Gasteiger charge is -2.21. The van der Waals surface area contributed by atoms with Gasteiger partial charge in [0.15, 0.2) is 5.96 Å². The highest BCUT2D eigenvalue weighted by molar-refractivity contribution is 14.0. The number of ether oxygens (including phenoxy) is 1. The van der Waals surface area contributed by atoms with Crippen LogP contribution in [-0.2, 0) is 16.4 Å². The third-order valence-corrected chi connectivity index (χ3v) is 6.19. The molecular weight excluding hydrogens is 515 g/mol. The van der Waals surface area contributed by atoms with Crippen molar-refractivity contribution in [2.24, 2.45) is 4.99 Å².